The summed E-state index contributed by atoms with van der Waals surface area (Å²) in [5, 5.41) is 0. The summed E-state index contributed by atoms with van der Waals surface area (Å²) in [5.41, 5.74) is 1.07. The van der Waals surface area contributed by atoms with Gasteiger partial charge in [0.2, 0.25) is 5.79 Å². The normalized spacial score (nSPS) is 22.2. The summed E-state index contributed by atoms with van der Waals surface area (Å²) in [7, 11) is 3.04. The Hall–Kier alpha value is -1.40. The van der Waals surface area contributed by atoms with Gasteiger partial charge in [-0.3, -0.25) is 0 Å². The highest BCUT2D eigenvalue weighted by Gasteiger charge is 2.67. The van der Waals surface area contributed by atoms with Gasteiger partial charge in [-0.25, -0.2) is 0 Å². The Morgan fingerprint density at radius 1 is 1.04 bits per heavy atom. The van der Waals surface area contributed by atoms with Crippen molar-refractivity contribution >= 4 is 8.32 Å². The number of rotatable bonds is 8. The Kier molecular flexibility index (Phi) is 5.94. The third kappa shape index (κ3) is 3.22. The lowest BCUT2D eigenvalue weighted by Crippen LogP contribution is -2.64. The van der Waals surface area contributed by atoms with Crippen LogP contribution in [-0.2, 0) is 25.3 Å². The average Bonchev–Trinajstić information content (AvgIpc) is 2.57. The highest BCUT2D eigenvalue weighted by molar-refractivity contribution is 6.69. The number of fused-ring (bicyclic) bond motifs is 1. The predicted octanol–water partition coefficient (Wildman–Crippen LogP) is 4.72. The van der Waals surface area contributed by atoms with Crippen molar-refractivity contribution in [2.24, 2.45) is 0 Å². The number of hydrogen-bond acceptors (Lipinski definition) is 4. The van der Waals surface area contributed by atoms with Gasteiger partial charge in [-0.2, -0.15) is 0 Å². The van der Waals surface area contributed by atoms with Gasteiger partial charge < -0.3 is 18.6 Å². The lowest BCUT2D eigenvalue weighted by molar-refractivity contribution is -0.319. The van der Waals surface area contributed by atoms with Crippen LogP contribution in [0, 0.1) is 0 Å². The minimum Gasteiger partial charge on any atom is -0.496 e. The van der Waals surface area contributed by atoms with Gasteiger partial charge in [-0.05, 0) is 38.2 Å². The molecule has 0 radical (unpaired) electrons. The molecule has 2 rings (SSSR count). The largest absolute Gasteiger partial charge is 0.496 e. The first-order valence-corrected chi connectivity index (χ1v) is 12.1. The molecule has 5 heteroatoms. The van der Waals surface area contributed by atoms with Crippen molar-refractivity contribution in [1.82, 2.24) is 0 Å². The number of ether oxygens (including phenoxy) is 3. The topological polar surface area (TPSA) is 36.9 Å². The maximum absolute atomic E-state index is 6.70. The Labute approximate surface area is 152 Å². The standard InChI is InChI=1S/C20H30O4Si/c1-8-9-10-11-15-19(24-25(5,6)7)18-16(20(19,22-3)23-4)13-12-14-17(18)21-2/h9-15H,8H2,1-7H3/b10-9+,15-11-. The van der Waals surface area contributed by atoms with Gasteiger partial charge in [0.25, 0.3) is 0 Å². The highest BCUT2D eigenvalue weighted by atomic mass is 28.4. The van der Waals surface area contributed by atoms with Crippen LogP contribution in [-0.4, -0.2) is 29.6 Å². The zero-order valence-corrected chi connectivity index (χ0v) is 17.4. The molecule has 138 valence electrons. The zero-order chi connectivity index (χ0) is 18.7. The fraction of sp³-hybridized carbons (Fsp3) is 0.500. The molecule has 0 saturated carbocycles. The molecule has 0 bridgehead atoms. The first-order valence-electron chi connectivity index (χ1n) is 8.64. The quantitative estimate of drug-likeness (QED) is 0.381. The summed E-state index contributed by atoms with van der Waals surface area (Å²) in [4.78, 5) is 0. The second-order valence-electron chi connectivity index (χ2n) is 7.05. The summed E-state index contributed by atoms with van der Waals surface area (Å²) in [6.45, 7) is 8.59. The van der Waals surface area contributed by atoms with Crippen molar-refractivity contribution in [2.45, 2.75) is 44.4 Å². The van der Waals surface area contributed by atoms with Crippen LogP contribution in [0.5, 0.6) is 5.75 Å². The first kappa shape index (κ1) is 19.9. The van der Waals surface area contributed by atoms with Gasteiger partial charge in [0.1, 0.15) is 5.75 Å². The van der Waals surface area contributed by atoms with E-state index in [9.17, 15) is 0 Å². The second kappa shape index (κ2) is 7.46. The zero-order valence-electron chi connectivity index (χ0n) is 16.4. The molecule has 1 unspecified atom stereocenters. The van der Waals surface area contributed by atoms with Crippen molar-refractivity contribution in [1.29, 1.82) is 0 Å². The van der Waals surface area contributed by atoms with Gasteiger partial charge in [-0.1, -0.05) is 37.3 Å². The van der Waals surface area contributed by atoms with E-state index in [1.807, 2.05) is 36.4 Å². The van der Waals surface area contributed by atoms with Crippen LogP contribution in [0.1, 0.15) is 24.5 Å². The first-order chi connectivity index (χ1) is 11.8. The average molecular weight is 363 g/mol. The lowest BCUT2D eigenvalue weighted by Gasteiger charge is -2.58. The SMILES string of the molecule is CC/C=C/C=C\C1(O[Si](C)(C)C)c2c(OC)cccc2C1(OC)OC. The van der Waals surface area contributed by atoms with Crippen LogP contribution in [0.4, 0.5) is 0 Å². The molecule has 1 aromatic carbocycles. The van der Waals surface area contributed by atoms with Gasteiger partial charge in [0, 0.05) is 25.3 Å². The summed E-state index contributed by atoms with van der Waals surface area (Å²) < 4.78 is 24.1. The lowest BCUT2D eigenvalue weighted by atomic mass is 9.66. The fourth-order valence-corrected chi connectivity index (χ4v) is 4.77. The Morgan fingerprint density at radius 2 is 1.72 bits per heavy atom. The van der Waals surface area contributed by atoms with Gasteiger partial charge in [0.05, 0.1) is 7.11 Å². The van der Waals surface area contributed by atoms with Crippen LogP contribution < -0.4 is 4.74 Å². The minimum absolute atomic E-state index is 0.782. The monoisotopic (exact) mass is 362 g/mol. The van der Waals surface area contributed by atoms with E-state index in [1.54, 1.807) is 21.3 Å². The highest BCUT2D eigenvalue weighted by Crippen LogP contribution is 2.62. The van der Waals surface area contributed by atoms with Crippen LogP contribution in [0.2, 0.25) is 19.6 Å². The van der Waals surface area contributed by atoms with Gasteiger partial charge >= 0.3 is 0 Å². The van der Waals surface area contributed by atoms with E-state index in [4.69, 9.17) is 18.6 Å². The van der Waals surface area contributed by atoms with Crippen molar-refractivity contribution < 1.29 is 18.6 Å². The molecule has 1 aromatic rings. The molecule has 4 nitrogen and oxygen atoms in total. The molecule has 0 N–H and O–H groups in total. The van der Waals surface area contributed by atoms with Crippen molar-refractivity contribution in [3.8, 4) is 5.75 Å². The molecular formula is C20H30O4Si. The molecule has 1 aliphatic carbocycles. The van der Waals surface area contributed by atoms with E-state index in [2.05, 4.69) is 32.6 Å². The van der Waals surface area contributed by atoms with Crippen molar-refractivity contribution in [3.63, 3.8) is 0 Å². The number of methoxy groups -OCH3 is 3. The number of allylic oxidation sites excluding steroid dienone is 3. The Morgan fingerprint density at radius 3 is 2.24 bits per heavy atom. The van der Waals surface area contributed by atoms with E-state index in [-0.39, 0.29) is 0 Å². The number of hydrogen-bond donors (Lipinski definition) is 0. The van der Waals surface area contributed by atoms with Gasteiger partial charge in [-0.15, -0.1) is 0 Å². The summed E-state index contributed by atoms with van der Waals surface area (Å²) in [6, 6.07) is 5.90. The Balaban J connectivity index is 2.72. The third-order valence-corrected chi connectivity index (χ3v) is 5.25. The fourth-order valence-electron chi connectivity index (χ4n) is 3.50. The molecule has 1 atom stereocenters. The Bertz CT molecular complexity index is 656. The molecule has 0 saturated heterocycles. The van der Waals surface area contributed by atoms with Crippen LogP contribution >= 0.6 is 0 Å². The van der Waals surface area contributed by atoms with E-state index in [1.165, 1.54) is 0 Å². The molecule has 0 amide bonds. The molecule has 0 heterocycles. The molecule has 0 fully saturated rings. The van der Waals surface area contributed by atoms with E-state index in [0.717, 1.165) is 23.3 Å². The van der Waals surface area contributed by atoms with Crippen LogP contribution in [0.15, 0.2) is 42.5 Å². The van der Waals surface area contributed by atoms with Crippen molar-refractivity contribution in [2.75, 3.05) is 21.3 Å². The smallest absolute Gasteiger partial charge is 0.232 e. The van der Waals surface area contributed by atoms with Crippen LogP contribution in [0.25, 0.3) is 0 Å². The maximum atomic E-state index is 6.70. The summed E-state index contributed by atoms with van der Waals surface area (Å²) in [6.07, 6.45) is 9.15. The van der Waals surface area contributed by atoms with Crippen molar-refractivity contribution in [3.05, 3.63) is 53.6 Å². The third-order valence-electron chi connectivity index (χ3n) is 4.32. The second-order valence-corrected chi connectivity index (χ2v) is 11.5. The molecule has 0 aromatic heterocycles. The van der Waals surface area contributed by atoms with E-state index >= 15 is 0 Å². The summed E-state index contributed by atoms with van der Waals surface area (Å²) >= 11 is 0. The number of benzene rings is 1. The van der Waals surface area contributed by atoms with Gasteiger partial charge in [0.15, 0.2) is 13.9 Å². The van der Waals surface area contributed by atoms with E-state index in [0.29, 0.717) is 0 Å². The van der Waals surface area contributed by atoms with E-state index < -0.39 is 19.7 Å². The molecule has 0 spiro atoms. The predicted molar refractivity (Wildman–Crippen MR) is 103 cm³/mol. The molecule has 1 aliphatic rings. The molecular weight excluding hydrogens is 332 g/mol. The maximum Gasteiger partial charge on any atom is 0.232 e. The minimum atomic E-state index is -1.95. The summed E-state index contributed by atoms with van der Waals surface area (Å²) in [5.74, 6) is -0.210. The molecule has 0 aliphatic heterocycles. The van der Waals surface area contributed by atoms with Crippen LogP contribution in [0.3, 0.4) is 0 Å². The molecule has 25 heavy (non-hydrogen) atoms.